The predicted molar refractivity (Wildman–Crippen MR) is 74.3 cm³/mol. The first-order valence-electron chi connectivity index (χ1n) is 5.46. The first-order chi connectivity index (χ1) is 9.16. The van der Waals surface area contributed by atoms with Gasteiger partial charge in [-0.15, -0.1) is 10.2 Å². The fraction of sp³-hybridized carbons (Fsp3) is 0. The minimum Gasteiger partial charge on any atom is -0.397 e. The summed E-state index contributed by atoms with van der Waals surface area (Å²) in [7, 11) is 0. The van der Waals surface area contributed by atoms with Gasteiger partial charge >= 0.3 is 0 Å². The lowest BCUT2D eigenvalue weighted by Crippen LogP contribution is -2.17. The molecule has 0 bridgehead atoms. The maximum absolute atomic E-state index is 5.74. The molecule has 0 saturated carbocycles. The van der Waals surface area contributed by atoms with Crippen LogP contribution in [-0.2, 0) is 0 Å². The molecule has 0 spiro atoms. The van der Waals surface area contributed by atoms with Gasteiger partial charge in [-0.05, 0) is 24.3 Å². The molecule has 0 aromatic carbocycles. The quantitative estimate of drug-likeness (QED) is 0.406. The Bertz CT molecular complexity index is 602. The smallest absolute Gasteiger partial charge is 0.172 e. The standard InChI is InChI=1S/C12H13N7/c13-8-4-5-10(17-7-8)12(15)19-18-11(14)9-3-1-2-6-16-9/h1-7H,13H2,(H2,14,18)(H2,15,19). The number of rotatable bonds is 3. The minimum absolute atomic E-state index is 0.152. The third-order valence-electron chi connectivity index (χ3n) is 2.24. The second-order valence-corrected chi connectivity index (χ2v) is 3.66. The molecule has 0 fully saturated rings. The van der Waals surface area contributed by atoms with Gasteiger partial charge in [0.2, 0.25) is 0 Å². The minimum atomic E-state index is 0.152. The van der Waals surface area contributed by atoms with Crippen LogP contribution in [0.5, 0.6) is 0 Å². The van der Waals surface area contributed by atoms with E-state index < -0.39 is 0 Å². The molecule has 2 aromatic rings. The van der Waals surface area contributed by atoms with Crippen molar-refractivity contribution in [3.63, 3.8) is 0 Å². The van der Waals surface area contributed by atoms with E-state index in [1.54, 1.807) is 36.5 Å². The third-order valence-corrected chi connectivity index (χ3v) is 2.24. The Labute approximate surface area is 109 Å². The maximum atomic E-state index is 5.74. The number of nitrogens with two attached hydrogens (primary N) is 3. The first-order valence-corrected chi connectivity index (χ1v) is 5.46. The van der Waals surface area contributed by atoms with Gasteiger partial charge in [0.15, 0.2) is 11.7 Å². The highest BCUT2D eigenvalue weighted by molar-refractivity contribution is 5.98. The Kier molecular flexibility index (Phi) is 3.67. The van der Waals surface area contributed by atoms with Gasteiger partial charge in [-0.1, -0.05) is 6.07 Å². The molecule has 96 valence electrons. The Morgan fingerprint density at radius 3 is 2.11 bits per heavy atom. The third kappa shape index (κ3) is 3.25. The molecular weight excluding hydrogens is 242 g/mol. The predicted octanol–water partition coefficient (Wildman–Crippen LogP) is 0.0846. The molecule has 0 saturated heterocycles. The zero-order chi connectivity index (χ0) is 13.7. The highest BCUT2D eigenvalue weighted by Crippen LogP contribution is 2.01. The summed E-state index contributed by atoms with van der Waals surface area (Å²) in [5.74, 6) is 0.331. The summed E-state index contributed by atoms with van der Waals surface area (Å²) in [6.07, 6.45) is 3.11. The number of aromatic nitrogens is 2. The Morgan fingerprint density at radius 1 is 0.895 bits per heavy atom. The second-order valence-electron chi connectivity index (χ2n) is 3.66. The molecule has 0 aliphatic rings. The van der Waals surface area contributed by atoms with Crippen molar-refractivity contribution < 1.29 is 0 Å². The summed E-state index contributed by atoms with van der Waals surface area (Å²) >= 11 is 0. The lowest BCUT2D eigenvalue weighted by Gasteiger charge is -1.99. The van der Waals surface area contributed by atoms with Gasteiger partial charge in [-0.25, -0.2) is 0 Å². The van der Waals surface area contributed by atoms with Crippen molar-refractivity contribution in [2.75, 3.05) is 5.73 Å². The van der Waals surface area contributed by atoms with E-state index >= 15 is 0 Å². The topological polar surface area (TPSA) is 129 Å². The van der Waals surface area contributed by atoms with Crippen molar-refractivity contribution in [1.29, 1.82) is 0 Å². The zero-order valence-electron chi connectivity index (χ0n) is 10.1. The highest BCUT2D eigenvalue weighted by Gasteiger charge is 2.01. The molecule has 0 atom stereocenters. The molecule has 2 rings (SSSR count). The molecule has 2 heterocycles. The molecular formula is C12H13N7. The van der Waals surface area contributed by atoms with Gasteiger partial charge in [0, 0.05) is 6.20 Å². The molecule has 0 unspecified atom stereocenters. The number of hydrogen-bond acceptors (Lipinski definition) is 5. The van der Waals surface area contributed by atoms with Gasteiger partial charge in [-0.3, -0.25) is 9.97 Å². The van der Waals surface area contributed by atoms with Crippen LogP contribution in [0.15, 0.2) is 52.9 Å². The van der Waals surface area contributed by atoms with Crippen LogP contribution >= 0.6 is 0 Å². The van der Waals surface area contributed by atoms with Crippen molar-refractivity contribution in [2.45, 2.75) is 0 Å². The number of amidine groups is 2. The van der Waals surface area contributed by atoms with Crippen molar-refractivity contribution in [2.24, 2.45) is 21.7 Å². The van der Waals surface area contributed by atoms with E-state index in [0.717, 1.165) is 0 Å². The maximum Gasteiger partial charge on any atom is 0.172 e. The highest BCUT2D eigenvalue weighted by atomic mass is 15.3. The fourth-order valence-electron chi connectivity index (χ4n) is 1.28. The Balaban J connectivity index is 2.20. The number of anilines is 1. The van der Waals surface area contributed by atoms with Crippen LogP contribution in [0.3, 0.4) is 0 Å². The molecule has 7 heteroatoms. The van der Waals surface area contributed by atoms with Crippen LogP contribution in [0.25, 0.3) is 0 Å². The van der Waals surface area contributed by atoms with E-state index in [1.165, 1.54) is 6.20 Å². The summed E-state index contributed by atoms with van der Waals surface area (Å²) in [6.45, 7) is 0. The molecule has 19 heavy (non-hydrogen) atoms. The normalized spacial score (nSPS) is 12.4. The molecule has 0 aliphatic carbocycles. The zero-order valence-corrected chi connectivity index (χ0v) is 10.1. The van der Waals surface area contributed by atoms with Crippen LogP contribution in [0, 0.1) is 0 Å². The average Bonchev–Trinajstić information content (AvgIpc) is 2.46. The summed E-state index contributed by atoms with van der Waals surface area (Å²) in [6, 6.07) is 8.65. The summed E-state index contributed by atoms with van der Waals surface area (Å²) in [5, 5.41) is 7.63. The first kappa shape index (κ1) is 12.5. The van der Waals surface area contributed by atoms with Crippen molar-refractivity contribution in [3.05, 3.63) is 54.1 Å². The van der Waals surface area contributed by atoms with E-state index in [2.05, 4.69) is 20.2 Å². The van der Waals surface area contributed by atoms with Gasteiger partial charge in [0.05, 0.1) is 11.9 Å². The SMILES string of the molecule is N/C(=N\N=C(/N)c1ccc(N)cn1)c1ccccn1. The van der Waals surface area contributed by atoms with Crippen LogP contribution in [0.1, 0.15) is 11.4 Å². The summed E-state index contributed by atoms with van der Waals surface area (Å²) in [4.78, 5) is 8.07. The van der Waals surface area contributed by atoms with E-state index in [-0.39, 0.29) is 11.7 Å². The summed E-state index contributed by atoms with van der Waals surface area (Å²) < 4.78 is 0. The average molecular weight is 255 g/mol. The number of pyridine rings is 2. The Morgan fingerprint density at radius 2 is 1.58 bits per heavy atom. The molecule has 0 radical (unpaired) electrons. The van der Waals surface area contributed by atoms with E-state index in [1.807, 2.05) is 0 Å². The lowest BCUT2D eigenvalue weighted by atomic mass is 10.3. The summed E-state index contributed by atoms with van der Waals surface area (Å²) in [5.41, 5.74) is 18.6. The van der Waals surface area contributed by atoms with Crippen molar-refractivity contribution >= 4 is 17.4 Å². The number of hydrogen-bond donors (Lipinski definition) is 3. The monoisotopic (exact) mass is 255 g/mol. The van der Waals surface area contributed by atoms with E-state index in [0.29, 0.717) is 17.1 Å². The van der Waals surface area contributed by atoms with Crippen molar-refractivity contribution in [3.8, 4) is 0 Å². The molecule has 0 aliphatic heterocycles. The second kappa shape index (κ2) is 5.58. The van der Waals surface area contributed by atoms with Crippen LogP contribution in [0.2, 0.25) is 0 Å². The van der Waals surface area contributed by atoms with E-state index in [4.69, 9.17) is 17.2 Å². The van der Waals surface area contributed by atoms with Crippen molar-refractivity contribution in [1.82, 2.24) is 9.97 Å². The van der Waals surface area contributed by atoms with E-state index in [9.17, 15) is 0 Å². The van der Waals surface area contributed by atoms with Gasteiger partial charge in [0.25, 0.3) is 0 Å². The fourth-order valence-corrected chi connectivity index (χ4v) is 1.28. The lowest BCUT2D eigenvalue weighted by molar-refractivity contribution is 1.16. The Hall–Kier alpha value is -2.96. The van der Waals surface area contributed by atoms with Crippen LogP contribution in [-0.4, -0.2) is 21.6 Å². The van der Waals surface area contributed by atoms with Gasteiger partial charge in [-0.2, -0.15) is 0 Å². The van der Waals surface area contributed by atoms with Crippen LogP contribution in [0.4, 0.5) is 5.69 Å². The largest absolute Gasteiger partial charge is 0.397 e. The molecule has 7 nitrogen and oxygen atoms in total. The number of nitrogens with zero attached hydrogens (tertiary/aromatic N) is 4. The molecule has 2 aromatic heterocycles. The van der Waals surface area contributed by atoms with Crippen LogP contribution < -0.4 is 17.2 Å². The van der Waals surface area contributed by atoms with Gasteiger partial charge < -0.3 is 17.2 Å². The molecule has 6 N–H and O–H groups in total. The number of nitrogen functional groups attached to an aromatic ring is 1. The molecule has 0 amide bonds. The van der Waals surface area contributed by atoms with Gasteiger partial charge in [0.1, 0.15) is 11.4 Å².